The Morgan fingerprint density at radius 3 is 2.15 bits per heavy atom. The molecule has 0 spiro atoms. The number of carbonyl (C=O) groups is 3. The van der Waals surface area contributed by atoms with Crippen LogP contribution in [-0.2, 0) is 16.1 Å². The Kier molecular flexibility index (Phi) is 9.04. The average Bonchev–Trinajstić information content (AvgIpc) is 2.87. The van der Waals surface area contributed by atoms with Gasteiger partial charge in [-0.2, -0.15) is 0 Å². The number of urea groups is 1. The third-order valence-electron chi connectivity index (χ3n) is 4.91. The van der Waals surface area contributed by atoms with E-state index in [1.165, 1.54) is 4.90 Å². The highest BCUT2D eigenvalue weighted by molar-refractivity contribution is 5.83. The van der Waals surface area contributed by atoms with Crippen molar-refractivity contribution >= 4 is 17.8 Å². The first-order valence-electron chi connectivity index (χ1n) is 10.9. The monoisotopic (exact) mass is 460 g/mol. The number of nitrogens with one attached hydrogen (secondary N) is 3. The van der Waals surface area contributed by atoms with Crippen LogP contribution >= 0.6 is 0 Å². The van der Waals surface area contributed by atoms with Gasteiger partial charge in [0, 0.05) is 32.1 Å². The summed E-state index contributed by atoms with van der Waals surface area (Å²) < 4.78 is 5.65. The molecule has 0 aromatic heterocycles. The molecule has 0 aliphatic carbocycles. The number of carbonyl (C=O) groups excluding carboxylic acids is 3. The Morgan fingerprint density at radius 1 is 0.794 bits per heavy atom. The van der Waals surface area contributed by atoms with Crippen LogP contribution in [0.15, 0.2) is 84.9 Å². The van der Waals surface area contributed by atoms with E-state index in [1.807, 2.05) is 78.9 Å². The van der Waals surface area contributed by atoms with E-state index in [1.54, 1.807) is 13.1 Å². The van der Waals surface area contributed by atoms with Crippen LogP contribution in [0.4, 0.5) is 4.79 Å². The van der Waals surface area contributed by atoms with Crippen LogP contribution in [0.25, 0.3) is 11.1 Å². The first-order valence-corrected chi connectivity index (χ1v) is 10.9. The Bertz CT molecular complexity index is 1090. The predicted octanol–water partition coefficient (Wildman–Crippen LogP) is 3.11. The number of benzene rings is 3. The molecule has 0 saturated carbocycles. The fraction of sp³-hybridized carbons (Fsp3) is 0.192. The molecule has 0 aliphatic rings. The smallest absolute Gasteiger partial charge is 0.317 e. The molecule has 0 radical (unpaired) electrons. The number of ether oxygens (including phenoxy) is 1. The van der Waals surface area contributed by atoms with Crippen molar-refractivity contribution in [3.8, 4) is 16.9 Å². The molecule has 3 rings (SSSR count). The van der Waals surface area contributed by atoms with Crippen molar-refractivity contribution < 1.29 is 19.1 Å². The summed E-state index contributed by atoms with van der Waals surface area (Å²) in [6.07, 6.45) is 0.0168. The molecule has 0 fully saturated rings. The van der Waals surface area contributed by atoms with E-state index in [2.05, 4.69) is 16.2 Å². The second-order valence-corrected chi connectivity index (χ2v) is 7.57. The maximum Gasteiger partial charge on any atom is 0.317 e. The van der Waals surface area contributed by atoms with Gasteiger partial charge in [0.25, 0.3) is 5.91 Å². The Morgan fingerprint density at radius 2 is 1.41 bits per heavy atom. The molecule has 0 bridgehead atoms. The minimum atomic E-state index is -0.497. The molecule has 3 aromatic rings. The predicted molar refractivity (Wildman–Crippen MR) is 130 cm³/mol. The van der Waals surface area contributed by atoms with E-state index in [0.717, 1.165) is 16.7 Å². The van der Waals surface area contributed by atoms with Gasteiger partial charge >= 0.3 is 6.03 Å². The van der Waals surface area contributed by atoms with Crippen molar-refractivity contribution in [3.05, 3.63) is 90.5 Å². The Labute approximate surface area is 198 Å². The molecule has 34 heavy (non-hydrogen) atoms. The van der Waals surface area contributed by atoms with Gasteiger partial charge in [-0.1, -0.05) is 78.9 Å². The lowest BCUT2D eigenvalue weighted by Gasteiger charge is -2.18. The van der Waals surface area contributed by atoms with Crippen LogP contribution in [-0.4, -0.2) is 42.9 Å². The van der Waals surface area contributed by atoms with E-state index in [0.29, 0.717) is 12.3 Å². The molecule has 0 unspecified atom stereocenters. The standard InChI is InChI=1S/C26H28N4O4/c1-30(18-20-10-4-2-5-11-20)26(33)27-17-16-24(31)28-29-25(32)19-34-23-15-9-8-14-22(23)21-12-6-3-7-13-21/h2-15H,16-19H2,1H3,(H,27,33)(H,28,31)(H,29,32). The SMILES string of the molecule is CN(Cc1ccccc1)C(=O)NCCC(=O)NNC(=O)COc1ccccc1-c1ccccc1. The lowest BCUT2D eigenvalue weighted by Crippen LogP contribution is -2.45. The van der Waals surface area contributed by atoms with E-state index < -0.39 is 11.8 Å². The van der Waals surface area contributed by atoms with Crippen molar-refractivity contribution in [1.82, 2.24) is 21.1 Å². The van der Waals surface area contributed by atoms with E-state index in [-0.39, 0.29) is 25.6 Å². The normalized spacial score (nSPS) is 10.1. The largest absolute Gasteiger partial charge is 0.483 e. The van der Waals surface area contributed by atoms with Gasteiger partial charge in [0.15, 0.2) is 6.61 Å². The molecule has 0 heterocycles. The van der Waals surface area contributed by atoms with Crippen LogP contribution in [0.1, 0.15) is 12.0 Å². The second-order valence-electron chi connectivity index (χ2n) is 7.57. The summed E-state index contributed by atoms with van der Waals surface area (Å²) in [5.41, 5.74) is 7.50. The van der Waals surface area contributed by atoms with E-state index in [9.17, 15) is 14.4 Å². The number of amides is 4. The highest BCUT2D eigenvalue weighted by atomic mass is 16.5. The average molecular weight is 461 g/mol. The zero-order chi connectivity index (χ0) is 24.2. The van der Waals surface area contributed by atoms with Crippen molar-refractivity contribution in [2.75, 3.05) is 20.2 Å². The summed E-state index contributed by atoms with van der Waals surface area (Å²) in [6.45, 7) is 0.341. The first kappa shape index (κ1) is 24.3. The molecular formula is C26H28N4O4. The number of hydrazine groups is 1. The highest BCUT2D eigenvalue weighted by Crippen LogP contribution is 2.29. The highest BCUT2D eigenvalue weighted by Gasteiger charge is 2.11. The van der Waals surface area contributed by atoms with Crippen molar-refractivity contribution in [2.45, 2.75) is 13.0 Å². The van der Waals surface area contributed by atoms with E-state index in [4.69, 9.17) is 4.74 Å². The Balaban J connectivity index is 1.35. The summed E-state index contributed by atoms with van der Waals surface area (Å²) >= 11 is 0. The van der Waals surface area contributed by atoms with Crippen molar-refractivity contribution in [1.29, 1.82) is 0 Å². The van der Waals surface area contributed by atoms with Crippen molar-refractivity contribution in [2.24, 2.45) is 0 Å². The third-order valence-corrected chi connectivity index (χ3v) is 4.91. The van der Waals surface area contributed by atoms with Gasteiger partial charge in [-0.25, -0.2) is 4.79 Å². The number of para-hydroxylation sites is 1. The lowest BCUT2D eigenvalue weighted by molar-refractivity contribution is -0.129. The quantitative estimate of drug-likeness (QED) is 0.427. The van der Waals surface area contributed by atoms with Gasteiger partial charge < -0.3 is 15.0 Å². The molecule has 8 nitrogen and oxygen atoms in total. The maximum absolute atomic E-state index is 12.1. The summed E-state index contributed by atoms with van der Waals surface area (Å²) in [5, 5.41) is 2.68. The number of rotatable bonds is 9. The molecule has 3 N–H and O–H groups in total. The minimum Gasteiger partial charge on any atom is -0.483 e. The van der Waals surface area contributed by atoms with E-state index >= 15 is 0 Å². The van der Waals surface area contributed by atoms with Crippen LogP contribution in [0.2, 0.25) is 0 Å². The molecule has 4 amide bonds. The summed E-state index contributed by atoms with van der Waals surface area (Å²) in [5.74, 6) is -0.357. The van der Waals surface area contributed by atoms with Gasteiger partial charge in [0.2, 0.25) is 5.91 Å². The zero-order valence-electron chi connectivity index (χ0n) is 19.0. The fourth-order valence-electron chi connectivity index (χ4n) is 3.18. The van der Waals surface area contributed by atoms with Gasteiger partial charge in [-0.3, -0.25) is 20.4 Å². The van der Waals surface area contributed by atoms with Crippen LogP contribution in [0, 0.1) is 0 Å². The number of hydrogen-bond donors (Lipinski definition) is 3. The molecule has 3 aromatic carbocycles. The molecular weight excluding hydrogens is 432 g/mol. The maximum atomic E-state index is 12.1. The molecule has 176 valence electrons. The number of nitrogens with zero attached hydrogens (tertiary/aromatic N) is 1. The molecule has 8 heteroatoms. The van der Waals surface area contributed by atoms with Gasteiger partial charge in [-0.15, -0.1) is 0 Å². The first-order chi connectivity index (χ1) is 16.5. The lowest BCUT2D eigenvalue weighted by atomic mass is 10.1. The van der Waals surface area contributed by atoms with Gasteiger partial charge in [0.05, 0.1) is 0 Å². The fourth-order valence-corrected chi connectivity index (χ4v) is 3.18. The third kappa shape index (κ3) is 7.67. The molecule has 0 atom stereocenters. The van der Waals surface area contributed by atoms with Crippen LogP contribution in [0.5, 0.6) is 5.75 Å². The molecule has 0 saturated heterocycles. The minimum absolute atomic E-state index is 0.0168. The second kappa shape index (κ2) is 12.6. The number of hydrogen-bond acceptors (Lipinski definition) is 4. The van der Waals surface area contributed by atoms with Crippen LogP contribution < -0.4 is 20.9 Å². The molecule has 0 aliphatic heterocycles. The summed E-state index contributed by atoms with van der Waals surface area (Å²) in [7, 11) is 1.68. The summed E-state index contributed by atoms with van der Waals surface area (Å²) in [6, 6.07) is 26.4. The van der Waals surface area contributed by atoms with Crippen molar-refractivity contribution in [3.63, 3.8) is 0 Å². The van der Waals surface area contributed by atoms with Crippen LogP contribution in [0.3, 0.4) is 0 Å². The van der Waals surface area contributed by atoms with Gasteiger partial charge in [0.1, 0.15) is 5.75 Å². The Hall–Kier alpha value is -4.33. The topological polar surface area (TPSA) is 99.8 Å². The zero-order valence-corrected chi connectivity index (χ0v) is 19.0. The van der Waals surface area contributed by atoms with Gasteiger partial charge in [-0.05, 0) is 17.2 Å². The summed E-state index contributed by atoms with van der Waals surface area (Å²) in [4.78, 5) is 37.7.